The molecule has 1 aromatic heterocycles. The molecular formula is C16H14N4. The molecule has 0 N–H and O–H groups in total. The third-order valence-corrected chi connectivity index (χ3v) is 3.14. The molecule has 0 saturated heterocycles. The smallest absolute Gasteiger partial charge is 0.151 e. The van der Waals surface area contributed by atoms with E-state index in [1.165, 1.54) is 0 Å². The fourth-order valence-corrected chi connectivity index (χ4v) is 2.17. The van der Waals surface area contributed by atoms with E-state index in [2.05, 4.69) is 17.1 Å². The first kappa shape index (κ1) is 13.6. The van der Waals surface area contributed by atoms with Gasteiger partial charge in [-0.1, -0.05) is 12.1 Å². The zero-order valence-corrected chi connectivity index (χ0v) is 11.7. The van der Waals surface area contributed by atoms with E-state index in [1.807, 2.05) is 45.2 Å². The SMILES string of the molecule is Cc1cc(C)c(C#N)c(N(C)c2ccccc2C#N)n1. The van der Waals surface area contributed by atoms with Gasteiger partial charge in [0, 0.05) is 12.7 Å². The second-order valence-electron chi connectivity index (χ2n) is 4.58. The van der Waals surface area contributed by atoms with Crippen LogP contribution in [0.5, 0.6) is 0 Å². The lowest BCUT2D eigenvalue weighted by Gasteiger charge is -2.21. The maximum absolute atomic E-state index is 9.33. The van der Waals surface area contributed by atoms with Crippen molar-refractivity contribution in [3.05, 3.63) is 52.7 Å². The van der Waals surface area contributed by atoms with Crippen LogP contribution in [-0.2, 0) is 0 Å². The Labute approximate surface area is 118 Å². The molecule has 2 aromatic rings. The molecule has 0 aliphatic carbocycles. The summed E-state index contributed by atoms with van der Waals surface area (Å²) in [6, 6.07) is 13.5. The van der Waals surface area contributed by atoms with Crippen LogP contribution in [0.4, 0.5) is 11.5 Å². The van der Waals surface area contributed by atoms with Crippen molar-refractivity contribution in [3.63, 3.8) is 0 Å². The average molecular weight is 262 g/mol. The molecule has 1 aromatic carbocycles. The van der Waals surface area contributed by atoms with Crippen LogP contribution >= 0.6 is 0 Å². The topological polar surface area (TPSA) is 63.7 Å². The van der Waals surface area contributed by atoms with Crippen LogP contribution in [0.15, 0.2) is 30.3 Å². The molecule has 0 atom stereocenters. The summed E-state index contributed by atoms with van der Waals surface area (Å²) in [5, 5.41) is 18.5. The summed E-state index contributed by atoms with van der Waals surface area (Å²) in [4.78, 5) is 6.24. The predicted octanol–water partition coefficient (Wildman–Crippen LogP) is 3.21. The number of pyridine rings is 1. The van der Waals surface area contributed by atoms with E-state index in [-0.39, 0.29) is 0 Å². The monoisotopic (exact) mass is 262 g/mol. The number of hydrogen-bond acceptors (Lipinski definition) is 4. The highest BCUT2D eigenvalue weighted by molar-refractivity contribution is 5.71. The van der Waals surface area contributed by atoms with E-state index in [0.29, 0.717) is 16.9 Å². The van der Waals surface area contributed by atoms with Gasteiger partial charge in [-0.25, -0.2) is 4.98 Å². The van der Waals surface area contributed by atoms with Crippen molar-refractivity contribution in [2.24, 2.45) is 0 Å². The van der Waals surface area contributed by atoms with Crippen LogP contribution in [-0.4, -0.2) is 12.0 Å². The molecular weight excluding hydrogens is 248 g/mol. The minimum absolute atomic E-state index is 0.533. The number of nitrogens with zero attached hydrogens (tertiary/aromatic N) is 4. The first-order valence-electron chi connectivity index (χ1n) is 6.19. The number of rotatable bonds is 2. The van der Waals surface area contributed by atoms with Crippen molar-refractivity contribution < 1.29 is 0 Å². The molecule has 0 bridgehead atoms. The minimum Gasteiger partial charge on any atom is -0.327 e. The second kappa shape index (κ2) is 5.42. The van der Waals surface area contributed by atoms with Gasteiger partial charge in [0.25, 0.3) is 0 Å². The molecule has 0 amide bonds. The van der Waals surface area contributed by atoms with Crippen molar-refractivity contribution >= 4 is 11.5 Å². The molecule has 0 unspecified atom stereocenters. The Morgan fingerprint density at radius 1 is 1.10 bits per heavy atom. The van der Waals surface area contributed by atoms with Gasteiger partial charge >= 0.3 is 0 Å². The van der Waals surface area contributed by atoms with Crippen LogP contribution in [0.1, 0.15) is 22.4 Å². The molecule has 20 heavy (non-hydrogen) atoms. The van der Waals surface area contributed by atoms with Crippen LogP contribution in [0.2, 0.25) is 0 Å². The summed E-state index contributed by atoms with van der Waals surface area (Å²) in [7, 11) is 1.82. The molecule has 4 heteroatoms. The third kappa shape index (κ3) is 2.32. The lowest BCUT2D eigenvalue weighted by molar-refractivity contribution is 1.07. The Bertz CT molecular complexity index is 735. The van der Waals surface area contributed by atoms with Gasteiger partial charge in [-0.3, -0.25) is 0 Å². The van der Waals surface area contributed by atoms with E-state index in [1.54, 1.807) is 11.0 Å². The Hall–Kier alpha value is -2.85. The van der Waals surface area contributed by atoms with Crippen LogP contribution in [0, 0.1) is 36.5 Å². The lowest BCUT2D eigenvalue weighted by Crippen LogP contribution is -2.15. The summed E-state index contributed by atoms with van der Waals surface area (Å²) < 4.78 is 0. The first-order valence-corrected chi connectivity index (χ1v) is 6.19. The first-order chi connectivity index (χ1) is 9.58. The maximum Gasteiger partial charge on any atom is 0.151 e. The van der Waals surface area contributed by atoms with Crippen LogP contribution in [0.3, 0.4) is 0 Å². The highest BCUT2D eigenvalue weighted by Crippen LogP contribution is 2.29. The highest BCUT2D eigenvalue weighted by atomic mass is 15.2. The normalized spacial score (nSPS) is 9.65. The fraction of sp³-hybridized carbons (Fsp3) is 0.188. The molecule has 0 spiro atoms. The van der Waals surface area contributed by atoms with E-state index in [0.717, 1.165) is 16.9 Å². The number of hydrogen-bond donors (Lipinski definition) is 0. The Balaban J connectivity index is 2.63. The Kier molecular flexibility index (Phi) is 3.68. The summed E-state index contributed by atoms with van der Waals surface area (Å²) in [5.41, 5.74) is 3.56. The summed E-state index contributed by atoms with van der Waals surface area (Å²) >= 11 is 0. The third-order valence-electron chi connectivity index (χ3n) is 3.14. The second-order valence-corrected chi connectivity index (χ2v) is 4.58. The van der Waals surface area contributed by atoms with Gasteiger partial charge in [0.1, 0.15) is 12.1 Å². The van der Waals surface area contributed by atoms with E-state index >= 15 is 0 Å². The number of aryl methyl sites for hydroxylation is 2. The molecule has 4 nitrogen and oxygen atoms in total. The average Bonchev–Trinajstić information content (AvgIpc) is 2.45. The quantitative estimate of drug-likeness (QED) is 0.833. The van der Waals surface area contributed by atoms with Crippen LogP contribution < -0.4 is 4.90 Å². The molecule has 2 rings (SSSR count). The standard InChI is InChI=1S/C16H14N4/c1-11-8-12(2)19-16(14(11)10-18)20(3)15-7-5-4-6-13(15)9-17/h4-8H,1-3H3. The van der Waals surface area contributed by atoms with Gasteiger partial charge in [0.15, 0.2) is 5.82 Å². The van der Waals surface area contributed by atoms with Gasteiger partial charge in [-0.15, -0.1) is 0 Å². The summed E-state index contributed by atoms with van der Waals surface area (Å²) in [6.07, 6.45) is 0. The largest absolute Gasteiger partial charge is 0.327 e. The van der Waals surface area contributed by atoms with Gasteiger partial charge in [-0.05, 0) is 37.6 Å². The van der Waals surface area contributed by atoms with Gasteiger partial charge in [-0.2, -0.15) is 10.5 Å². The minimum atomic E-state index is 0.533. The van der Waals surface area contributed by atoms with E-state index in [9.17, 15) is 10.5 Å². The van der Waals surface area contributed by atoms with Crippen molar-refractivity contribution in [1.82, 2.24) is 4.98 Å². The Morgan fingerprint density at radius 2 is 1.80 bits per heavy atom. The predicted molar refractivity (Wildman–Crippen MR) is 77.6 cm³/mol. The molecule has 1 heterocycles. The molecule has 98 valence electrons. The maximum atomic E-state index is 9.33. The van der Waals surface area contributed by atoms with E-state index < -0.39 is 0 Å². The summed E-state index contributed by atoms with van der Waals surface area (Å²) in [5.74, 6) is 0.577. The zero-order chi connectivity index (χ0) is 14.7. The fourth-order valence-electron chi connectivity index (χ4n) is 2.17. The number of nitriles is 2. The van der Waals surface area contributed by atoms with Crippen molar-refractivity contribution in [3.8, 4) is 12.1 Å². The lowest BCUT2D eigenvalue weighted by atomic mass is 10.1. The van der Waals surface area contributed by atoms with Crippen LogP contribution in [0.25, 0.3) is 0 Å². The van der Waals surface area contributed by atoms with Gasteiger partial charge < -0.3 is 4.90 Å². The molecule has 0 aliphatic rings. The number of para-hydroxylation sites is 1. The van der Waals surface area contributed by atoms with Gasteiger partial charge in [0.2, 0.25) is 0 Å². The molecule has 0 radical (unpaired) electrons. The number of anilines is 2. The van der Waals surface area contributed by atoms with Gasteiger partial charge in [0.05, 0.1) is 16.8 Å². The number of benzene rings is 1. The van der Waals surface area contributed by atoms with Crippen molar-refractivity contribution in [2.75, 3.05) is 11.9 Å². The van der Waals surface area contributed by atoms with Crippen molar-refractivity contribution in [2.45, 2.75) is 13.8 Å². The van der Waals surface area contributed by atoms with Crippen molar-refractivity contribution in [1.29, 1.82) is 10.5 Å². The molecule has 0 fully saturated rings. The number of aromatic nitrogens is 1. The summed E-state index contributed by atoms with van der Waals surface area (Å²) in [6.45, 7) is 3.78. The Morgan fingerprint density at radius 3 is 2.45 bits per heavy atom. The molecule has 0 aliphatic heterocycles. The zero-order valence-electron chi connectivity index (χ0n) is 11.7. The highest BCUT2D eigenvalue weighted by Gasteiger charge is 2.16. The van der Waals surface area contributed by atoms with E-state index in [4.69, 9.17) is 0 Å². The molecule has 0 saturated carbocycles.